The quantitative estimate of drug-likeness (QED) is 0.207. The summed E-state index contributed by atoms with van der Waals surface area (Å²) in [7, 11) is 1.70. The summed E-state index contributed by atoms with van der Waals surface area (Å²) in [5, 5.41) is 3.20. The molecule has 0 bridgehead atoms. The second kappa shape index (κ2) is 14.8. The maximum Gasteiger partial charge on any atom is 0.188 e. The first-order valence-electron chi connectivity index (χ1n) is 9.74. The number of aliphatic imine (C=N–C) groups is 1. The van der Waals surface area contributed by atoms with Crippen LogP contribution in [0.4, 0.5) is 0 Å². The van der Waals surface area contributed by atoms with E-state index < -0.39 is 0 Å². The molecule has 0 aromatic heterocycles. The molecule has 0 atom stereocenters. The molecule has 7 nitrogen and oxygen atoms in total. The van der Waals surface area contributed by atoms with Crippen LogP contribution >= 0.6 is 24.0 Å². The summed E-state index contributed by atoms with van der Waals surface area (Å²) in [6.45, 7) is 9.47. The number of halogens is 1. The third-order valence-electron chi connectivity index (χ3n) is 4.45. The molecule has 28 heavy (non-hydrogen) atoms. The largest absolute Gasteiger partial charge is 0.493 e. The normalized spacial score (nSPS) is 15.1. The van der Waals surface area contributed by atoms with Gasteiger partial charge in [-0.2, -0.15) is 0 Å². The molecule has 1 aliphatic heterocycles. The highest BCUT2D eigenvalue weighted by Crippen LogP contribution is 2.21. The maximum atomic E-state index is 6.01. The summed E-state index contributed by atoms with van der Waals surface area (Å²) >= 11 is 0. The first-order valence-corrected chi connectivity index (χ1v) is 9.74. The molecule has 0 amide bonds. The first kappa shape index (κ1) is 24.9. The summed E-state index contributed by atoms with van der Waals surface area (Å²) < 4.78 is 16.3. The minimum absolute atomic E-state index is 0. The van der Waals surface area contributed by atoms with Crippen LogP contribution in [0.3, 0.4) is 0 Å². The van der Waals surface area contributed by atoms with Gasteiger partial charge in [0.2, 0.25) is 0 Å². The Morgan fingerprint density at radius 2 is 2.04 bits per heavy atom. The Kier molecular flexibility index (Phi) is 13.2. The van der Waals surface area contributed by atoms with E-state index in [4.69, 9.17) is 19.9 Å². The van der Waals surface area contributed by atoms with Crippen molar-refractivity contribution in [3.63, 3.8) is 0 Å². The van der Waals surface area contributed by atoms with Crippen LogP contribution in [0.25, 0.3) is 0 Å². The molecule has 1 aromatic carbocycles. The van der Waals surface area contributed by atoms with E-state index in [9.17, 15) is 0 Å². The summed E-state index contributed by atoms with van der Waals surface area (Å²) in [4.78, 5) is 6.87. The van der Waals surface area contributed by atoms with Crippen molar-refractivity contribution in [3.8, 4) is 5.75 Å². The van der Waals surface area contributed by atoms with Gasteiger partial charge >= 0.3 is 0 Å². The fourth-order valence-corrected chi connectivity index (χ4v) is 2.88. The number of benzene rings is 1. The second-order valence-corrected chi connectivity index (χ2v) is 6.74. The van der Waals surface area contributed by atoms with Gasteiger partial charge in [-0.15, -0.1) is 24.0 Å². The number of nitrogens with two attached hydrogens (primary N) is 1. The molecular weight excluding hydrogens is 471 g/mol. The molecule has 1 aromatic rings. The number of methoxy groups -OCH3 is 1. The molecule has 0 saturated carbocycles. The minimum atomic E-state index is 0. The minimum Gasteiger partial charge on any atom is -0.493 e. The zero-order chi connectivity index (χ0) is 19.3. The van der Waals surface area contributed by atoms with Gasteiger partial charge in [-0.1, -0.05) is 12.1 Å². The van der Waals surface area contributed by atoms with Crippen LogP contribution < -0.4 is 15.8 Å². The lowest BCUT2D eigenvalue weighted by atomic mass is 10.1. The molecule has 1 saturated heterocycles. The molecule has 1 heterocycles. The molecule has 3 N–H and O–H groups in total. The Balaban J connectivity index is 0.00000392. The Labute approximate surface area is 186 Å². The van der Waals surface area contributed by atoms with Gasteiger partial charge in [-0.3, -0.25) is 4.90 Å². The van der Waals surface area contributed by atoms with Crippen LogP contribution in [0.5, 0.6) is 5.75 Å². The molecule has 2 rings (SSSR count). The molecule has 0 spiro atoms. The van der Waals surface area contributed by atoms with Crippen molar-refractivity contribution < 1.29 is 14.2 Å². The van der Waals surface area contributed by atoms with Crippen LogP contribution in [0.1, 0.15) is 24.0 Å². The number of morpholine rings is 1. The van der Waals surface area contributed by atoms with Crippen molar-refractivity contribution in [1.29, 1.82) is 0 Å². The SMILES string of the molecule is COCCCOc1cc(C)ccc1CN=C(N)NCCCN1CCOCC1.I. The highest BCUT2D eigenvalue weighted by Gasteiger charge is 2.09. The zero-order valence-corrected chi connectivity index (χ0v) is 19.4. The zero-order valence-electron chi connectivity index (χ0n) is 17.1. The average Bonchev–Trinajstić information content (AvgIpc) is 2.69. The van der Waals surface area contributed by atoms with E-state index in [2.05, 4.69) is 34.3 Å². The van der Waals surface area contributed by atoms with Gasteiger partial charge in [0.1, 0.15) is 5.75 Å². The van der Waals surface area contributed by atoms with Crippen LogP contribution in [-0.4, -0.2) is 70.6 Å². The smallest absolute Gasteiger partial charge is 0.188 e. The predicted molar refractivity (Wildman–Crippen MR) is 124 cm³/mol. The van der Waals surface area contributed by atoms with Gasteiger partial charge in [-0.05, 0) is 31.5 Å². The van der Waals surface area contributed by atoms with Gasteiger partial charge in [0.25, 0.3) is 0 Å². The number of aryl methyl sites for hydroxylation is 1. The van der Waals surface area contributed by atoms with Crippen molar-refractivity contribution in [1.82, 2.24) is 10.2 Å². The van der Waals surface area contributed by atoms with Crippen LogP contribution in [-0.2, 0) is 16.0 Å². The summed E-state index contributed by atoms with van der Waals surface area (Å²) in [5.74, 6) is 1.35. The van der Waals surface area contributed by atoms with Crippen molar-refractivity contribution in [2.75, 3.05) is 59.7 Å². The second-order valence-electron chi connectivity index (χ2n) is 6.74. The number of rotatable bonds is 11. The van der Waals surface area contributed by atoms with Crippen molar-refractivity contribution in [2.45, 2.75) is 26.3 Å². The Hall–Kier alpha value is -1.10. The molecule has 160 valence electrons. The summed E-state index contributed by atoms with van der Waals surface area (Å²) in [6, 6.07) is 6.17. The monoisotopic (exact) mass is 506 g/mol. The maximum absolute atomic E-state index is 6.01. The van der Waals surface area contributed by atoms with Gasteiger partial charge in [0, 0.05) is 45.3 Å². The molecular formula is C20H35IN4O3. The molecule has 1 fully saturated rings. The molecule has 0 aliphatic carbocycles. The first-order chi connectivity index (χ1) is 13.2. The Morgan fingerprint density at radius 3 is 2.79 bits per heavy atom. The van der Waals surface area contributed by atoms with Gasteiger partial charge in [0.15, 0.2) is 5.96 Å². The van der Waals surface area contributed by atoms with E-state index in [-0.39, 0.29) is 24.0 Å². The van der Waals surface area contributed by atoms with Gasteiger partial charge in [-0.25, -0.2) is 4.99 Å². The summed E-state index contributed by atoms with van der Waals surface area (Å²) in [6.07, 6.45) is 1.90. The van der Waals surface area contributed by atoms with E-state index in [1.54, 1.807) is 7.11 Å². The fraction of sp³-hybridized carbons (Fsp3) is 0.650. The van der Waals surface area contributed by atoms with E-state index in [0.717, 1.165) is 63.5 Å². The van der Waals surface area contributed by atoms with Crippen molar-refractivity contribution >= 4 is 29.9 Å². The Morgan fingerprint density at radius 1 is 1.25 bits per heavy atom. The average molecular weight is 506 g/mol. The highest BCUT2D eigenvalue weighted by molar-refractivity contribution is 14.0. The third kappa shape index (κ3) is 9.90. The third-order valence-corrected chi connectivity index (χ3v) is 4.45. The lowest BCUT2D eigenvalue weighted by Gasteiger charge is -2.26. The van der Waals surface area contributed by atoms with E-state index in [1.165, 1.54) is 5.56 Å². The molecule has 0 unspecified atom stereocenters. The number of hydrogen-bond acceptors (Lipinski definition) is 5. The fourth-order valence-electron chi connectivity index (χ4n) is 2.88. The van der Waals surface area contributed by atoms with Crippen LogP contribution in [0, 0.1) is 6.92 Å². The van der Waals surface area contributed by atoms with Gasteiger partial charge < -0.3 is 25.3 Å². The Bertz CT molecular complexity index is 581. The van der Waals surface area contributed by atoms with Crippen molar-refractivity contribution in [2.24, 2.45) is 10.7 Å². The number of guanidine groups is 1. The summed E-state index contributed by atoms with van der Waals surface area (Å²) in [5.41, 5.74) is 8.21. The van der Waals surface area contributed by atoms with E-state index in [0.29, 0.717) is 25.7 Å². The topological polar surface area (TPSA) is 81.3 Å². The molecule has 8 heteroatoms. The molecule has 0 radical (unpaired) electrons. The molecule has 1 aliphatic rings. The van der Waals surface area contributed by atoms with Gasteiger partial charge in [0.05, 0.1) is 26.4 Å². The number of nitrogens with zero attached hydrogens (tertiary/aromatic N) is 2. The highest BCUT2D eigenvalue weighted by atomic mass is 127. The van der Waals surface area contributed by atoms with Crippen molar-refractivity contribution in [3.05, 3.63) is 29.3 Å². The predicted octanol–water partition coefficient (Wildman–Crippen LogP) is 2.15. The van der Waals surface area contributed by atoms with Crippen LogP contribution in [0.15, 0.2) is 23.2 Å². The van der Waals surface area contributed by atoms with Crippen LogP contribution in [0.2, 0.25) is 0 Å². The van der Waals surface area contributed by atoms with E-state index in [1.807, 2.05) is 6.07 Å². The number of nitrogens with one attached hydrogen (secondary N) is 1. The lowest BCUT2D eigenvalue weighted by Crippen LogP contribution is -2.39. The standard InChI is InChI=1S/C20H34N4O3.HI/c1-17-5-6-18(19(15-17)27-12-4-11-25-2)16-23-20(21)22-7-3-8-24-9-13-26-14-10-24;/h5-6,15H,3-4,7-14,16H2,1-2H3,(H3,21,22,23);1H. The number of ether oxygens (including phenoxy) is 3. The number of hydrogen-bond donors (Lipinski definition) is 2. The van der Waals surface area contributed by atoms with E-state index >= 15 is 0 Å². The lowest BCUT2D eigenvalue weighted by molar-refractivity contribution is 0.0376.